The maximum Gasteiger partial charge on any atom is 0.101 e. The lowest BCUT2D eigenvalue weighted by Crippen LogP contribution is -2.48. The molecule has 0 bridgehead atoms. The Morgan fingerprint density at radius 1 is 0.783 bits per heavy atom. The zero-order chi connectivity index (χ0) is 17.8. The standard InChI is InChI=1S/C18H39NO3S/c1-5-6-7-8-9-10-11-12-13-14-15-16-18(19(2,3)4)17-23(20,21)22/h18H,5-17H2,1-4H3. The van der Waals surface area contributed by atoms with Gasteiger partial charge in [-0.25, -0.2) is 8.42 Å². The van der Waals surface area contributed by atoms with Crippen molar-refractivity contribution in [3.05, 3.63) is 0 Å². The van der Waals surface area contributed by atoms with Crippen molar-refractivity contribution < 1.29 is 17.5 Å². The second-order valence-electron chi connectivity index (χ2n) is 7.82. The summed E-state index contributed by atoms with van der Waals surface area (Å²) in [5.41, 5.74) is 0. The molecule has 0 saturated carbocycles. The fraction of sp³-hybridized carbons (Fsp3) is 1.00. The molecule has 0 amide bonds. The first-order valence-corrected chi connectivity index (χ1v) is 11.0. The lowest BCUT2D eigenvalue weighted by molar-refractivity contribution is -0.893. The summed E-state index contributed by atoms with van der Waals surface area (Å²) >= 11 is 0. The van der Waals surface area contributed by atoms with Crippen molar-refractivity contribution in [3.8, 4) is 0 Å². The van der Waals surface area contributed by atoms with Crippen molar-refractivity contribution in [3.63, 3.8) is 0 Å². The fourth-order valence-corrected chi connectivity index (χ4v) is 4.06. The first kappa shape index (κ1) is 22.9. The Bertz CT molecular complexity index is 374. The van der Waals surface area contributed by atoms with Gasteiger partial charge in [-0.1, -0.05) is 71.1 Å². The van der Waals surface area contributed by atoms with Gasteiger partial charge in [0.15, 0.2) is 0 Å². The van der Waals surface area contributed by atoms with E-state index < -0.39 is 10.1 Å². The predicted octanol–water partition coefficient (Wildman–Crippen LogP) is 4.31. The van der Waals surface area contributed by atoms with Crippen molar-refractivity contribution >= 4 is 10.1 Å². The molecule has 0 N–H and O–H groups in total. The number of quaternary nitrogens is 1. The molecule has 0 aliphatic heterocycles. The summed E-state index contributed by atoms with van der Waals surface area (Å²) in [7, 11) is 1.76. The minimum Gasteiger partial charge on any atom is -0.748 e. The average Bonchev–Trinajstić information content (AvgIpc) is 2.41. The number of nitrogens with zero attached hydrogens (tertiary/aromatic N) is 1. The van der Waals surface area contributed by atoms with Crippen molar-refractivity contribution in [2.75, 3.05) is 26.9 Å². The van der Waals surface area contributed by atoms with Crippen molar-refractivity contribution in [2.24, 2.45) is 0 Å². The van der Waals surface area contributed by atoms with E-state index in [1.54, 1.807) is 0 Å². The Morgan fingerprint density at radius 3 is 1.52 bits per heavy atom. The van der Waals surface area contributed by atoms with Crippen molar-refractivity contribution in [1.29, 1.82) is 0 Å². The van der Waals surface area contributed by atoms with Gasteiger partial charge in [-0.05, 0) is 6.42 Å². The summed E-state index contributed by atoms with van der Waals surface area (Å²) in [4.78, 5) is 0. The number of hydrogen-bond donors (Lipinski definition) is 0. The maximum atomic E-state index is 11.0. The molecule has 0 aliphatic carbocycles. The Hall–Kier alpha value is -0.130. The van der Waals surface area contributed by atoms with E-state index in [0.717, 1.165) is 19.3 Å². The molecule has 0 heterocycles. The van der Waals surface area contributed by atoms with E-state index in [1.165, 1.54) is 57.8 Å². The van der Waals surface area contributed by atoms with Crippen LogP contribution in [-0.4, -0.2) is 50.4 Å². The van der Waals surface area contributed by atoms with E-state index >= 15 is 0 Å². The second-order valence-corrected chi connectivity index (χ2v) is 9.27. The van der Waals surface area contributed by atoms with Crippen LogP contribution < -0.4 is 0 Å². The molecule has 0 spiro atoms. The van der Waals surface area contributed by atoms with Crippen LogP contribution in [-0.2, 0) is 10.1 Å². The van der Waals surface area contributed by atoms with Crippen LogP contribution in [0.25, 0.3) is 0 Å². The fourth-order valence-electron chi connectivity index (χ4n) is 2.97. The highest BCUT2D eigenvalue weighted by atomic mass is 32.2. The zero-order valence-electron chi connectivity index (χ0n) is 15.8. The third-order valence-electron chi connectivity index (χ3n) is 4.63. The van der Waals surface area contributed by atoms with Gasteiger partial charge in [0.2, 0.25) is 0 Å². The van der Waals surface area contributed by atoms with Gasteiger partial charge in [0, 0.05) is 6.42 Å². The molecule has 0 fully saturated rings. The molecular formula is C18H39NO3S. The third kappa shape index (κ3) is 15.2. The molecule has 0 aromatic rings. The van der Waals surface area contributed by atoms with E-state index in [-0.39, 0.29) is 11.8 Å². The van der Waals surface area contributed by atoms with Crippen LogP contribution in [0.5, 0.6) is 0 Å². The van der Waals surface area contributed by atoms with Gasteiger partial charge in [-0.2, -0.15) is 0 Å². The van der Waals surface area contributed by atoms with Crippen LogP contribution in [0.1, 0.15) is 84.0 Å². The van der Waals surface area contributed by atoms with Gasteiger partial charge >= 0.3 is 0 Å². The van der Waals surface area contributed by atoms with Gasteiger partial charge in [-0.15, -0.1) is 0 Å². The molecule has 0 radical (unpaired) electrons. The summed E-state index contributed by atoms with van der Waals surface area (Å²) in [5, 5.41) is 0. The van der Waals surface area contributed by atoms with Crippen LogP contribution in [0.15, 0.2) is 0 Å². The van der Waals surface area contributed by atoms with E-state index in [1.807, 2.05) is 21.1 Å². The van der Waals surface area contributed by atoms with Crippen molar-refractivity contribution in [1.82, 2.24) is 0 Å². The van der Waals surface area contributed by atoms with Gasteiger partial charge in [0.1, 0.15) is 16.2 Å². The lowest BCUT2D eigenvalue weighted by atomic mass is 10.0. The topological polar surface area (TPSA) is 57.2 Å². The van der Waals surface area contributed by atoms with Gasteiger partial charge in [0.05, 0.1) is 26.9 Å². The molecule has 0 saturated heterocycles. The smallest absolute Gasteiger partial charge is 0.101 e. The van der Waals surface area contributed by atoms with Crippen LogP contribution >= 0.6 is 0 Å². The van der Waals surface area contributed by atoms with Crippen LogP contribution in [0.4, 0.5) is 0 Å². The molecule has 4 nitrogen and oxygen atoms in total. The van der Waals surface area contributed by atoms with Crippen LogP contribution in [0.3, 0.4) is 0 Å². The zero-order valence-corrected chi connectivity index (χ0v) is 16.7. The van der Waals surface area contributed by atoms with Crippen LogP contribution in [0, 0.1) is 0 Å². The Morgan fingerprint density at radius 2 is 1.17 bits per heavy atom. The molecule has 140 valence electrons. The van der Waals surface area contributed by atoms with Crippen LogP contribution in [0.2, 0.25) is 0 Å². The van der Waals surface area contributed by atoms with E-state index in [9.17, 15) is 13.0 Å². The predicted molar refractivity (Wildman–Crippen MR) is 97.5 cm³/mol. The minimum absolute atomic E-state index is 0.0870. The van der Waals surface area contributed by atoms with Gasteiger partial charge < -0.3 is 9.04 Å². The molecule has 0 aromatic carbocycles. The average molecular weight is 350 g/mol. The molecule has 0 rings (SSSR count). The van der Waals surface area contributed by atoms with E-state index in [2.05, 4.69) is 6.92 Å². The molecule has 0 aromatic heterocycles. The Kier molecular flexibility index (Phi) is 12.2. The number of rotatable bonds is 15. The highest BCUT2D eigenvalue weighted by molar-refractivity contribution is 7.85. The molecule has 1 atom stereocenters. The highest BCUT2D eigenvalue weighted by Crippen LogP contribution is 2.16. The molecule has 1 unspecified atom stereocenters. The second kappa shape index (κ2) is 12.3. The largest absolute Gasteiger partial charge is 0.748 e. The maximum absolute atomic E-state index is 11.0. The monoisotopic (exact) mass is 349 g/mol. The molecule has 23 heavy (non-hydrogen) atoms. The van der Waals surface area contributed by atoms with E-state index in [4.69, 9.17) is 0 Å². The summed E-state index contributed by atoms with van der Waals surface area (Å²) in [6, 6.07) is -0.0870. The quantitative estimate of drug-likeness (QED) is 0.251. The highest BCUT2D eigenvalue weighted by Gasteiger charge is 2.25. The van der Waals surface area contributed by atoms with Gasteiger partial charge in [-0.3, -0.25) is 0 Å². The Balaban J connectivity index is 3.68. The molecule has 5 heteroatoms. The minimum atomic E-state index is -4.14. The molecular weight excluding hydrogens is 310 g/mol. The summed E-state index contributed by atoms with van der Waals surface area (Å²) in [5.74, 6) is -0.242. The number of unbranched alkanes of at least 4 members (excludes halogenated alkanes) is 10. The summed E-state index contributed by atoms with van der Waals surface area (Å²) in [6.45, 7) is 2.25. The lowest BCUT2D eigenvalue weighted by Gasteiger charge is -2.34. The first-order valence-electron chi connectivity index (χ1n) is 9.41. The first-order chi connectivity index (χ1) is 10.7. The summed E-state index contributed by atoms with van der Waals surface area (Å²) < 4.78 is 33.6. The third-order valence-corrected chi connectivity index (χ3v) is 5.43. The van der Waals surface area contributed by atoms with Gasteiger partial charge in [0.25, 0.3) is 0 Å². The summed E-state index contributed by atoms with van der Waals surface area (Å²) in [6.07, 6.45) is 15.0. The normalized spacial score (nSPS) is 14.1. The van der Waals surface area contributed by atoms with E-state index in [0.29, 0.717) is 4.48 Å². The SMILES string of the molecule is CCCCCCCCCCCCCC(CS(=O)(=O)[O-])[N+](C)(C)C. The number of hydrogen-bond acceptors (Lipinski definition) is 3. The Labute approximate surface area is 145 Å². The van der Waals surface area contributed by atoms with Crippen molar-refractivity contribution in [2.45, 2.75) is 90.0 Å². The molecule has 0 aliphatic rings.